The van der Waals surface area contributed by atoms with Crippen molar-refractivity contribution >= 4 is 48.9 Å². The van der Waals surface area contributed by atoms with Crippen molar-refractivity contribution in [2.45, 2.75) is 30.0 Å². The van der Waals surface area contributed by atoms with Gasteiger partial charge in [0.05, 0.1) is 0 Å². The quantitative estimate of drug-likeness (QED) is 0.804. The summed E-state index contributed by atoms with van der Waals surface area (Å²) in [7, 11) is -3.42. The first-order valence-electron chi connectivity index (χ1n) is 4.82. The summed E-state index contributed by atoms with van der Waals surface area (Å²) < 4.78 is 27.5. The van der Waals surface area contributed by atoms with Crippen molar-refractivity contribution in [3.63, 3.8) is 0 Å². The van der Waals surface area contributed by atoms with E-state index in [1.54, 1.807) is 11.4 Å². The monoisotopic (exact) mass is 345 g/mol. The van der Waals surface area contributed by atoms with Crippen LogP contribution in [0.3, 0.4) is 0 Å². The molecular formula is C9H13BrClNO2S2. The first-order valence-corrected chi connectivity index (χ1v) is 8.51. The Balaban J connectivity index is 2.83. The summed E-state index contributed by atoms with van der Waals surface area (Å²) >= 11 is 10.0. The highest BCUT2D eigenvalue weighted by atomic mass is 79.9. The molecule has 0 aliphatic heterocycles. The molecule has 1 atom stereocenters. The van der Waals surface area contributed by atoms with Gasteiger partial charge in [0.15, 0.2) is 0 Å². The van der Waals surface area contributed by atoms with Crippen LogP contribution in [0.25, 0.3) is 0 Å². The number of sulfonamides is 1. The van der Waals surface area contributed by atoms with Gasteiger partial charge in [0.1, 0.15) is 4.21 Å². The van der Waals surface area contributed by atoms with Gasteiger partial charge in [-0.3, -0.25) is 0 Å². The van der Waals surface area contributed by atoms with Crippen LogP contribution in [0.15, 0.2) is 20.1 Å². The molecule has 0 aliphatic carbocycles. The third-order valence-electron chi connectivity index (χ3n) is 2.10. The van der Waals surface area contributed by atoms with Gasteiger partial charge < -0.3 is 0 Å². The van der Waals surface area contributed by atoms with E-state index in [0.29, 0.717) is 21.0 Å². The van der Waals surface area contributed by atoms with Gasteiger partial charge >= 0.3 is 0 Å². The molecule has 1 N–H and O–H groups in total. The summed E-state index contributed by atoms with van der Waals surface area (Å²) in [5.41, 5.74) is 0. The predicted molar refractivity (Wildman–Crippen MR) is 71.8 cm³/mol. The number of rotatable bonds is 6. The van der Waals surface area contributed by atoms with Gasteiger partial charge in [0.25, 0.3) is 10.0 Å². The van der Waals surface area contributed by atoms with Crippen molar-refractivity contribution in [2.24, 2.45) is 0 Å². The van der Waals surface area contributed by atoms with Gasteiger partial charge in [-0.2, -0.15) is 0 Å². The number of halogens is 2. The topological polar surface area (TPSA) is 46.2 Å². The Bertz CT molecular complexity index is 432. The van der Waals surface area contributed by atoms with E-state index in [0.717, 1.165) is 6.42 Å². The maximum atomic E-state index is 12.0. The van der Waals surface area contributed by atoms with Gasteiger partial charge in [-0.05, 0) is 40.2 Å². The minimum Gasteiger partial charge on any atom is -0.207 e. The third-order valence-corrected chi connectivity index (χ3v) is 6.51. The molecule has 16 heavy (non-hydrogen) atoms. The lowest BCUT2D eigenvalue weighted by Gasteiger charge is -2.15. The number of hydrogen-bond acceptors (Lipinski definition) is 3. The van der Waals surface area contributed by atoms with E-state index in [9.17, 15) is 8.42 Å². The van der Waals surface area contributed by atoms with Crippen LogP contribution in [0, 0.1) is 0 Å². The fourth-order valence-electron chi connectivity index (χ4n) is 1.22. The molecule has 92 valence electrons. The molecule has 1 unspecified atom stereocenters. The minimum absolute atomic E-state index is 0.100. The standard InChI is InChI=1S/C9H13BrClNO2S2/c1-2-7(3-5-11)12-16(13,14)9-8(10)4-6-15-9/h4,6-7,12H,2-3,5H2,1H3. The summed E-state index contributed by atoms with van der Waals surface area (Å²) in [6, 6.07) is 1.62. The molecule has 0 saturated carbocycles. The number of hydrogen-bond donors (Lipinski definition) is 1. The average Bonchev–Trinajstić information content (AvgIpc) is 2.64. The van der Waals surface area contributed by atoms with Crippen LogP contribution in [0.2, 0.25) is 0 Å². The molecule has 0 aromatic carbocycles. The molecule has 1 heterocycles. The highest BCUT2D eigenvalue weighted by Gasteiger charge is 2.22. The fourth-order valence-corrected chi connectivity index (χ4v) is 5.19. The predicted octanol–water partition coefficient (Wildman–Crippen LogP) is 3.20. The zero-order chi connectivity index (χ0) is 12.2. The van der Waals surface area contributed by atoms with Gasteiger partial charge in [-0.1, -0.05) is 6.92 Å². The van der Waals surface area contributed by atoms with E-state index in [1.165, 1.54) is 11.3 Å². The molecule has 0 fully saturated rings. The molecule has 7 heteroatoms. The van der Waals surface area contributed by atoms with E-state index in [4.69, 9.17) is 11.6 Å². The Hall–Kier alpha value is 0.380. The lowest BCUT2D eigenvalue weighted by atomic mass is 10.2. The van der Waals surface area contributed by atoms with Crippen molar-refractivity contribution in [1.29, 1.82) is 0 Å². The summed E-state index contributed by atoms with van der Waals surface area (Å²) in [4.78, 5) is 0. The largest absolute Gasteiger partial charge is 0.251 e. The summed E-state index contributed by atoms with van der Waals surface area (Å²) in [6.07, 6.45) is 1.37. The zero-order valence-electron chi connectivity index (χ0n) is 8.74. The van der Waals surface area contributed by atoms with E-state index in [1.807, 2.05) is 6.92 Å². The lowest BCUT2D eigenvalue weighted by Crippen LogP contribution is -2.34. The first-order chi connectivity index (χ1) is 7.51. The summed E-state index contributed by atoms with van der Waals surface area (Å²) in [5.74, 6) is 0.451. The number of nitrogens with one attached hydrogen (secondary N) is 1. The Morgan fingerprint density at radius 3 is 2.75 bits per heavy atom. The second kappa shape index (κ2) is 6.35. The van der Waals surface area contributed by atoms with E-state index < -0.39 is 10.0 Å². The summed E-state index contributed by atoms with van der Waals surface area (Å²) in [5, 5.41) is 1.74. The first kappa shape index (κ1) is 14.4. The maximum absolute atomic E-state index is 12.0. The second-order valence-corrected chi connectivity index (χ2v) is 7.32. The van der Waals surface area contributed by atoms with Crippen LogP contribution < -0.4 is 4.72 Å². The molecule has 0 radical (unpaired) electrons. The van der Waals surface area contributed by atoms with Gasteiger partial charge in [-0.25, -0.2) is 13.1 Å². The van der Waals surface area contributed by atoms with Crippen molar-refractivity contribution in [1.82, 2.24) is 4.72 Å². The smallest absolute Gasteiger partial charge is 0.207 e. The Morgan fingerprint density at radius 1 is 1.62 bits per heavy atom. The van der Waals surface area contributed by atoms with Crippen LogP contribution in [0.5, 0.6) is 0 Å². The molecule has 0 amide bonds. The number of alkyl halides is 1. The molecule has 1 rings (SSSR count). The molecule has 1 aromatic heterocycles. The van der Waals surface area contributed by atoms with E-state index in [2.05, 4.69) is 20.7 Å². The Labute approximate surface area is 113 Å². The van der Waals surface area contributed by atoms with Gasteiger partial charge in [0.2, 0.25) is 0 Å². The second-order valence-electron chi connectivity index (χ2n) is 3.26. The molecule has 0 spiro atoms. The van der Waals surface area contributed by atoms with Crippen LogP contribution in [0.4, 0.5) is 0 Å². The van der Waals surface area contributed by atoms with Gasteiger partial charge in [-0.15, -0.1) is 22.9 Å². The fraction of sp³-hybridized carbons (Fsp3) is 0.556. The van der Waals surface area contributed by atoms with Crippen LogP contribution in [0.1, 0.15) is 19.8 Å². The lowest BCUT2D eigenvalue weighted by molar-refractivity contribution is 0.533. The summed E-state index contributed by atoms with van der Waals surface area (Å²) in [6.45, 7) is 1.93. The molecule has 3 nitrogen and oxygen atoms in total. The van der Waals surface area contributed by atoms with Crippen molar-refractivity contribution < 1.29 is 8.42 Å². The molecule has 0 bridgehead atoms. The van der Waals surface area contributed by atoms with Gasteiger partial charge in [0, 0.05) is 16.4 Å². The minimum atomic E-state index is -3.42. The SMILES string of the molecule is CCC(CCCl)NS(=O)(=O)c1sccc1Br. The molecular weight excluding hydrogens is 334 g/mol. The highest BCUT2D eigenvalue weighted by molar-refractivity contribution is 9.10. The van der Waals surface area contributed by atoms with Crippen molar-refractivity contribution in [3.8, 4) is 0 Å². The molecule has 0 aliphatic rings. The maximum Gasteiger partial charge on any atom is 0.251 e. The highest BCUT2D eigenvalue weighted by Crippen LogP contribution is 2.27. The van der Waals surface area contributed by atoms with Crippen molar-refractivity contribution in [2.75, 3.05) is 5.88 Å². The third kappa shape index (κ3) is 3.70. The Morgan fingerprint density at radius 2 is 2.31 bits per heavy atom. The average molecular weight is 347 g/mol. The van der Waals surface area contributed by atoms with E-state index >= 15 is 0 Å². The van der Waals surface area contributed by atoms with Crippen LogP contribution in [-0.4, -0.2) is 20.3 Å². The normalized spacial score (nSPS) is 13.9. The molecule has 0 saturated heterocycles. The Kier molecular flexibility index (Phi) is 5.73. The van der Waals surface area contributed by atoms with Crippen LogP contribution in [-0.2, 0) is 10.0 Å². The van der Waals surface area contributed by atoms with Crippen molar-refractivity contribution in [3.05, 3.63) is 15.9 Å². The number of thiophene rings is 1. The zero-order valence-corrected chi connectivity index (χ0v) is 12.7. The van der Waals surface area contributed by atoms with E-state index in [-0.39, 0.29) is 6.04 Å². The van der Waals surface area contributed by atoms with Crippen LogP contribution >= 0.6 is 38.9 Å². The molecule has 1 aromatic rings.